The molecule has 0 spiro atoms. The number of sulfonamides is 1. The number of rotatable bonds is 9. The zero-order valence-electron chi connectivity index (χ0n) is 17.9. The van der Waals surface area contributed by atoms with Crippen LogP contribution < -0.4 is 14.8 Å². The first-order valence-electron chi connectivity index (χ1n) is 10.0. The molecule has 0 fully saturated rings. The molecule has 0 aliphatic carbocycles. The number of hydrogen-bond acceptors (Lipinski definition) is 4. The van der Waals surface area contributed by atoms with Gasteiger partial charge in [-0.3, -0.25) is 4.79 Å². The zero-order valence-corrected chi connectivity index (χ0v) is 18.7. The van der Waals surface area contributed by atoms with E-state index in [1.807, 2.05) is 26.0 Å². The number of carbonyl (C=O) groups excluding carboxylic acids is 1. The van der Waals surface area contributed by atoms with E-state index in [0.717, 1.165) is 11.1 Å². The van der Waals surface area contributed by atoms with Crippen LogP contribution in [0.25, 0.3) is 0 Å². The summed E-state index contributed by atoms with van der Waals surface area (Å²) < 4.78 is 46.4. The van der Waals surface area contributed by atoms with E-state index in [4.69, 9.17) is 4.74 Å². The third-order valence-corrected chi connectivity index (χ3v) is 6.30. The lowest BCUT2D eigenvalue weighted by atomic mass is 10.1. The van der Waals surface area contributed by atoms with Gasteiger partial charge in [-0.15, -0.1) is 0 Å². The van der Waals surface area contributed by atoms with Crippen LogP contribution in [0.4, 0.5) is 4.39 Å². The van der Waals surface area contributed by atoms with Crippen molar-refractivity contribution >= 4 is 15.9 Å². The van der Waals surface area contributed by atoms with Gasteiger partial charge < -0.3 is 10.1 Å². The fraction of sp³-hybridized carbons (Fsp3) is 0.208. The predicted octanol–water partition coefficient (Wildman–Crippen LogP) is 3.62. The standard InChI is InChI=1S/C24H25FN2O4S/c1-17-9-10-22(11-18(17)2)31-16-24(28)26-14-20-6-4-8-23(13-20)32(29,30)27-15-19-5-3-7-21(25)12-19/h3-13,27H,14-16H2,1-2H3,(H,26,28). The number of benzene rings is 3. The monoisotopic (exact) mass is 456 g/mol. The van der Waals surface area contributed by atoms with E-state index in [9.17, 15) is 17.6 Å². The van der Waals surface area contributed by atoms with Crippen LogP contribution in [0.1, 0.15) is 22.3 Å². The van der Waals surface area contributed by atoms with Crippen LogP contribution in [0.2, 0.25) is 0 Å². The second-order valence-electron chi connectivity index (χ2n) is 7.41. The molecule has 0 radical (unpaired) electrons. The molecule has 0 aliphatic heterocycles. The third-order valence-electron chi connectivity index (χ3n) is 4.90. The summed E-state index contributed by atoms with van der Waals surface area (Å²) in [5.74, 6) is -0.137. The van der Waals surface area contributed by atoms with Crippen LogP contribution >= 0.6 is 0 Å². The molecule has 0 aliphatic rings. The SMILES string of the molecule is Cc1ccc(OCC(=O)NCc2cccc(S(=O)(=O)NCc3cccc(F)c3)c2)cc1C. The fourth-order valence-corrected chi connectivity index (χ4v) is 4.02. The Hall–Kier alpha value is -3.23. The van der Waals surface area contributed by atoms with Gasteiger partial charge in [-0.1, -0.05) is 30.3 Å². The average Bonchev–Trinajstić information content (AvgIpc) is 2.77. The van der Waals surface area contributed by atoms with Crippen LogP contribution in [0.3, 0.4) is 0 Å². The van der Waals surface area contributed by atoms with Gasteiger partial charge >= 0.3 is 0 Å². The van der Waals surface area contributed by atoms with E-state index in [2.05, 4.69) is 10.0 Å². The highest BCUT2D eigenvalue weighted by Crippen LogP contribution is 2.16. The summed E-state index contributed by atoms with van der Waals surface area (Å²) in [4.78, 5) is 12.2. The maximum atomic E-state index is 13.3. The Morgan fingerprint density at radius 1 is 0.906 bits per heavy atom. The van der Waals surface area contributed by atoms with E-state index >= 15 is 0 Å². The van der Waals surface area contributed by atoms with Crippen LogP contribution in [-0.2, 0) is 27.9 Å². The number of carbonyl (C=O) groups is 1. The molecular weight excluding hydrogens is 431 g/mol. The molecule has 0 bridgehead atoms. The highest BCUT2D eigenvalue weighted by Gasteiger charge is 2.14. The third kappa shape index (κ3) is 6.63. The van der Waals surface area contributed by atoms with Crippen molar-refractivity contribution in [1.29, 1.82) is 0 Å². The first kappa shape index (κ1) is 23.4. The molecule has 32 heavy (non-hydrogen) atoms. The highest BCUT2D eigenvalue weighted by molar-refractivity contribution is 7.89. The van der Waals surface area contributed by atoms with Gasteiger partial charge in [0, 0.05) is 13.1 Å². The van der Waals surface area contributed by atoms with E-state index < -0.39 is 15.8 Å². The summed E-state index contributed by atoms with van der Waals surface area (Å²) in [5.41, 5.74) is 3.35. The maximum absolute atomic E-state index is 13.3. The molecule has 0 atom stereocenters. The van der Waals surface area contributed by atoms with Crippen LogP contribution in [0.5, 0.6) is 5.75 Å². The number of halogens is 1. The van der Waals surface area contributed by atoms with Crippen molar-refractivity contribution in [3.05, 3.63) is 94.8 Å². The summed E-state index contributed by atoms with van der Waals surface area (Å²) in [7, 11) is -3.80. The Bertz CT molecular complexity index is 1210. The molecule has 8 heteroatoms. The Labute approximate surface area is 187 Å². The smallest absolute Gasteiger partial charge is 0.258 e. The second kappa shape index (κ2) is 10.4. The van der Waals surface area contributed by atoms with Gasteiger partial charge in [-0.05, 0) is 72.5 Å². The van der Waals surface area contributed by atoms with Gasteiger partial charge in [0.2, 0.25) is 10.0 Å². The van der Waals surface area contributed by atoms with Crippen molar-refractivity contribution in [2.45, 2.75) is 31.8 Å². The minimum Gasteiger partial charge on any atom is -0.484 e. The summed E-state index contributed by atoms with van der Waals surface area (Å²) in [5, 5.41) is 2.72. The summed E-state index contributed by atoms with van der Waals surface area (Å²) in [6, 6.07) is 17.6. The van der Waals surface area contributed by atoms with Gasteiger partial charge in [-0.25, -0.2) is 17.5 Å². The van der Waals surface area contributed by atoms with Crippen LogP contribution in [-0.4, -0.2) is 20.9 Å². The molecule has 0 aromatic heterocycles. The number of ether oxygens (including phenoxy) is 1. The van der Waals surface area contributed by atoms with Crippen molar-refractivity contribution in [3.8, 4) is 5.75 Å². The maximum Gasteiger partial charge on any atom is 0.258 e. The van der Waals surface area contributed by atoms with E-state index in [0.29, 0.717) is 16.9 Å². The largest absolute Gasteiger partial charge is 0.484 e. The molecule has 3 aromatic carbocycles. The van der Waals surface area contributed by atoms with E-state index in [1.54, 1.807) is 24.3 Å². The van der Waals surface area contributed by atoms with Crippen molar-refractivity contribution < 1.29 is 22.3 Å². The van der Waals surface area contributed by atoms with Gasteiger partial charge in [0.15, 0.2) is 6.61 Å². The second-order valence-corrected chi connectivity index (χ2v) is 9.18. The average molecular weight is 457 g/mol. The number of aryl methyl sites for hydroxylation is 2. The van der Waals surface area contributed by atoms with Gasteiger partial charge in [0.25, 0.3) is 5.91 Å². The number of amides is 1. The lowest BCUT2D eigenvalue weighted by molar-refractivity contribution is -0.123. The summed E-state index contributed by atoms with van der Waals surface area (Å²) in [6.45, 7) is 3.95. The Kier molecular flexibility index (Phi) is 7.61. The minimum absolute atomic E-state index is 0.0309. The molecule has 3 aromatic rings. The number of hydrogen-bond donors (Lipinski definition) is 2. The molecule has 3 rings (SSSR count). The van der Waals surface area contributed by atoms with Crippen molar-refractivity contribution in [2.75, 3.05) is 6.61 Å². The van der Waals surface area contributed by atoms with Crippen LogP contribution in [0.15, 0.2) is 71.6 Å². The zero-order chi connectivity index (χ0) is 23.1. The Morgan fingerprint density at radius 3 is 2.34 bits per heavy atom. The lowest BCUT2D eigenvalue weighted by Crippen LogP contribution is -2.28. The molecule has 0 saturated carbocycles. The summed E-state index contributed by atoms with van der Waals surface area (Å²) in [6.07, 6.45) is 0. The topological polar surface area (TPSA) is 84.5 Å². The molecule has 1 amide bonds. The highest BCUT2D eigenvalue weighted by atomic mass is 32.2. The molecule has 168 valence electrons. The van der Waals surface area contributed by atoms with Crippen molar-refractivity contribution in [3.63, 3.8) is 0 Å². The first-order valence-corrected chi connectivity index (χ1v) is 11.5. The molecular formula is C24H25FN2O4S. The fourth-order valence-electron chi connectivity index (χ4n) is 2.94. The van der Waals surface area contributed by atoms with Gasteiger partial charge in [0.1, 0.15) is 11.6 Å². The number of nitrogens with one attached hydrogen (secondary N) is 2. The molecule has 0 heterocycles. The van der Waals surface area contributed by atoms with E-state index in [1.165, 1.54) is 30.3 Å². The lowest BCUT2D eigenvalue weighted by Gasteiger charge is -2.11. The minimum atomic E-state index is -3.80. The quantitative estimate of drug-likeness (QED) is 0.515. The van der Waals surface area contributed by atoms with Gasteiger partial charge in [0.05, 0.1) is 4.90 Å². The normalized spacial score (nSPS) is 11.2. The van der Waals surface area contributed by atoms with Gasteiger partial charge in [-0.2, -0.15) is 0 Å². The Balaban J connectivity index is 1.54. The first-order chi connectivity index (χ1) is 15.2. The van der Waals surface area contributed by atoms with Crippen molar-refractivity contribution in [1.82, 2.24) is 10.0 Å². The van der Waals surface area contributed by atoms with E-state index in [-0.39, 0.29) is 30.5 Å². The van der Waals surface area contributed by atoms with Crippen molar-refractivity contribution in [2.24, 2.45) is 0 Å². The molecule has 6 nitrogen and oxygen atoms in total. The molecule has 0 saturated heterocycles. The molecule has 2 N–H and O–H groups in total. The van der Waals surface area contributed by atoms with Crippen LogP contribution in [0, 0.1) is 19.7 Å². The Morgan fingerprint density at radius 2 is 1.62 bits per heavy atom. The summed E-state index contributed by atoms with van der Waals surface area (Å²) >= 11 is 0. The molecule has 0 unspecified atom stereocenters. The predicted molar refractivity (Wildman–Crippen MR) is 120 cm³/mol.